The van der Waals surface area contributed by atoms with Crippen molar-refractivity contribution in [2.45, 2.75) is 45.8 Å². The fourth-order valence-corrected chi connectivity index (χ4v) is 4.82. The summed E-state index contributed by atoms with van der Waals surface area (Å²) < 4.78 is 5.32. The minimum absolute atomic E-state index is 0.319. The van der Waals surface area contributed by atoms with Crippen LogP contribution in [0, 0.1) is 13.8 Å². The zero-order valence-corrected chi connectivity index (χ0v) is 19.1. The topological polar surface area (TPSA) is 65.6 Å². The lowest BCUT2D eigenvalue weighted by Gasteiger charge is -2.38. The van der Waals surface area contributed by atoms with Crippen molar-refractivity contribution in [3.8, 4) is 0 Å². The minimum Gasteiger partial charge on any atom is -0.461 e. The molecule has 0 radical (unpaired) electrons. The summed E-state index contributed by atoms with van der Waals surface area (Å²) in [5.74, 6) is -0.319. The third-order valence-electron chi connectivity index (χ3n) is 6.27. The van der Waals surface area contributed by atoms with E-state index in [2.05, 4.69) is 35.9 Å². The van der Waals surface area contributed by atoms with E-state index >= 15 is 0 Å². The van der Waals surface area contributed by atoms with E-state index in [1.54, 1.807) is 0 Å². The van der Waals surface area contributed by atoms with Crippen LogP contribution in [0.15, 0.2) is 36.4 Å². The highest BCUT2D eigenvalue weighted by Crippen LogP contribution is 2.35. The lowest BCUT2D eigenvalue weighted by molar-refractivity contribution is -0.0277. The summed E-state index contributed by atoms with van der Waals surface area (Å²) in [7, 11) is 0. The number of carbonyl (C=O) groups is 1. The van der Waals surface area contributed by atoms with E-state index in [-0.39, 0.29) is 5.97 Å². The van der Waals surface area contributed by atoms with Crippen LogP contribution in [0.2, 0.25) is 5.02 Å². The molecule has 31 heavy (non-hydrogen) atoms. The summed E-state index contributed by atoms with van der Waals surface area (Å²) in [5, 5.41) is 12.9. The highest BCUT2D eigenvalue weighted by atomic mass is 35.5. The number of aliphatic hydroxyl groups is 1. The highest BCUT2D eigenvalue weighted by molar-refractivity contribution is 6.30. The maximum Gasteiger partial charge on any atom is 0.355 e. The molecule has 1 aliphatic rings. The predicted molar refractivity (Wildman–Crippen MR) is 124 cm³/mol. The van der Waals surface area contributed by atoms with Crippen molar-refractivity contribution in [3.05, 3.63) is 69.4 Å². The van der Waals surface area contributed by atoms with E-state index in [1.165, 1.54) is 0 Å². The second-order valence-corrected chi connectivity index (χ2v) is 8.95. The molecule has 0 aliphatic carbocycles. The Bertz CT molecular complexity index is 1100. The van der Waals surface area contributed by atoms with Crippen molar-refractivity contribution < 1.29 is 14.6 Å². The number of H-pyrrole nitrogens is 1. The van der Waals surface area contributed by atoms with Crippen molar-refractivity contribution in [1.82, 2.24) is 9.88 Å². The van der Waals surface area contributed by atoms with Gasteiger partial charge >= 0.3 is 5.97 Å². The number of ether oxygens (including phenoxy) is 1. The van der Waals surface area contributed by atoms with Gasteiger partial charge in [-0.3, -0.25) is 4.90 Å². The number of carbonyl (C=O) groups excluding carboxylic acids is 1. The Morgan fingerprint density at radius 1 is 1.19 bits per heavy atom. The average molecular weight is 441 g/mol. The molecule has 2 N–H and O–H groups in total. The second-order valence-electron chi connectivity index (χ2n) is 8.52. The van der Waals surface area contributed by atoms with Crippen molar-refractivity contribution >= 4 is 28.5 Å². The normalized spacial score (nSPS) is 16.5. The molecule has 2 heterocycles. The number of hydrogen-bond donors (Lipinski definition) is 2. The van der Waals surface area contributed by atoms with Crippen LogP contribution >= 0.6 is 11.6 Å². The number of hydrogen-bond acceptors (Lipinski definition) is 4. The van der Waals surface area contributed by atoms with Crippen LogP contribution in [-0.4, -0.2) is 40.7 Å². The van der Waals surface area contributed by atoms with E-state index in [4.69, 9.17) is 16.3 Å². The smallest absolute Gasteiger partial charge is 0.355 e. The van der Waals surface area contributed by atoms with Crippen LogP contribution in [0.25, 0.3) is 10.9 Å². The van der Waals surface area contributed by atoms with Gasteiger partial charge in [-0.25, -0.2) is 4.79 Å². The first-order chi connectivity index (χ1) is 14.8. The summed E-state index contributed by atoms with van der Waals surface area (Å²) in [6.07, 6.45) is 1.26. The maximum absolute atomic E-state index is 12.7. The summed E-state index contributed by atoms with van der Waals surface area (Å²) in [5.41, 5.74) is 4.82. The highest BCUT2D eigenvalue weighted by Gasteiger charge is 2.34. The first-order valence-electron chi connectivity index (χ1n) is 10.8. The Hall–Kier alpha value is -2.34. The molecule has 0 unspecified atom stereocenters. The van der Waals surface area contributed by atoms with Gasteiger partial charge < -0.3 is 14.8 Å². The fraction of sp³-hybridized carbons (Fsp3) is 0.400. The van der Waals surface area contributed by atoms with E-state index in [0.717, 1.165) is 46.2 Å². The number of rotatable bonds is 5. The number of benzene rings is 2. The quantitative estimate of drug-likeness (QED) is 0.542. The molecular weight excluding hydrogens is 412 g/mol. The number of piperidine rings is 1. The lowest BCUT2D eigenvalue weighted by atomic mass is 9.84. The van der Waals surface area contributed by atoms with E-state index in [0.29, 0.717) is 36.7 Å². The van der Waals surface area contributed by atoms with Crippen molar-refractivity contribution in [1.29, 1.82) is 0 Å². The van der Waals surface area contributed by atoms with Gasteiger partial charge in [0.1, 0.15) is 5.69 Å². The molecule has 164 valence electrons. The summed E-state index contributed by atoms with van der Waals surface area (Å²) in [6, 6.07) is 11.7. The monoisotopic (exact) mass is 440 g/mol. The lowest BCUT2D eigenvalue weighted by Crippen LogP contribution is -2.42. The molecule has 1 aromatic heterocycles. The number of esters is 1. The molecule has 1 aliphatic heterocycles. The van der Waals surface area contributed by atoms with Crippen molar-refractivity contribution in [2.24, 2.45) is 0 Å². The Balaban J connectivity index is 1.59. The van der Waals surface area contributed by atoms with Gasteiger partial charge in [0.25, 0.3) is 0 Å². The number of aryl methyl sites for hydroxylation is 2. The minimum atomic E-state index is -0.849. The molecule has 3 aromatic rings. The molecule has 0 spiro atoms. The Morgan fingerprint density at radius 2 is 1.87 bits per heavy atom. The first-order valence-corrected chi connectivity index (χ1v) is 11.2. The van der Waals surface area contributed by atoms with Gasteiger partial charge in [-0.05, 0) is 68.5 Å². The molecule has 1 saturated heterocycles. The number of halogens is 1. The molecule has 0 saturated carbocycles. The largest absolute Gasteiger partial charge is 0.461 e. The molecule has 6 heteroatoms. The number of likely N-dealkylation sites (tertiary alicyclic amines) is 1. The van der Waals surface area contributed by atoms with E-state index < -0.39 is 5.60 Å². The van der Waals surface area contributed by atoms with Gasteiger partial charge in [-0.1, -0.05) is 29.8 Å². The van der Waals surface area contributed by atoms with Gasteiger partial charge in [0.2, 0.25) is 0 Å². The third kappa shape index (κ3) is 4.36. The van der Waals surface area contributed by atoms with Gasteiger partial charge in [-0.15, -0.1) is 0 Å². The molecule has 2 aromatic carbocycles. The molecule has 5 nitrogen and oxygen atoms in total. The number of aromatic amines is 1. The number of aromatic nitrogens is 1. The van der Waals surface area contributed by atoms with Gasteiger partial charge in [0, 0.05) is 41.1 Å². The third-order valence-corrected chi connectivity index (χ3v) is 6.52. The molecule has 1 fully saturated rings. The molecule has 4 rings (SSSR count). The Kier molecular flexibility index (Phi) is 6.11. The predicted octanol–water partition coefficient (Wildman–Crippen LogP) is 5.10. The van der Waals surface area contributed by atoms with Gasteiger partial charge in [0.15, 0.2) is 0 Å². The van der Waals surface area contributed by atoms with Gasteiger partial charge in [0.05, 0.1) is 12.2 Å². The fourth-order valence-electron chi connectivity index (χ4n) is 4.69. The van der Waals surface area contributed by atoms with Crippen LogP contribution < -0.4 is 0 Å². The van der Waals surface area contributed by atoms with Crippen molar-refractivity contribution in [2.75, 3.05) is 19.7 Å². The first kappa shape index (κ1) is 21.9. The van der Waals surface area contributed by atoms with Gasteiger partial charge in [-0.2, -0.15) is 0 Å². The Morgan fingerprint density at radius 3 is 2.52 bits per heavy atom. The second kappa shape index (κ2) is 8.65. The molecule has 0 bridgehead atoms. The SMILES string of the molecule is CCOC(=O)c1[nH]c2cc(C)cc(C)c2c1CN1CCC(O)(c2ccc(Cl)cc2)CC1. The van der Waals surface area contributed by atoms with Crippen molar-refractivity contribution in [3.63, 3.8) is 0 Å². The summed E-state index contributed by atoms with van der Waals surface area (Å²) in [4.78, 5) is 18.3. The zero-order valence-electron chi connectivity index (χ0n) is 18.3. The molecular formula is C25H29ClN2O3. The van der Waals surface area contributed by atoms with E-state index in [1.807, 2.05) is 31.2 Å². The summed E-state index contributed by atoms with van der Waals surface area (Å²) >= 11 is 6.00. The molecule has 0 amide bonds. The summed E-state index contributed by atoms with van der Waals surface area (Å²) in [6.45, 7) is 8.39. The van der Waals surface area contributed by atoms with E-state index in [9.17, 15) is 9.90 Å². The van der Waals surface area contributed by atoms with Crippen LogP contribution in [0.3, 0.4) is 0 Å². The Labute approximate surface area is 188 Å². The van der Waals surface area contributed by atoms with Crippen LogP contribution in [0.5, 0.6) is 0 Å². The maximum atomic E-state index is 12.7. The standard InChI is InChI=1S/C25H29ClN2O3/c1-4-31-24(29)23-20(22-17(3)13-16(2)14-21(22)27-23)15-28-11-9-25(30,10-12-28)18-5-7-19(26)8-6-18/h5-8,13-14,27,30H,4,9-12,15H2,1-3H3. The average Bonchev–Trinajstić information content (AvgIpc) is 3.09. The van der Waals surface area contributed by atoms with Crippen LogP contribution in [0.1, 0.15) is 52.5 Å². The number of nitrogens with one attached hydrogen (secondary N) is 1. The number of fused-ring (bicyclic) bond motifs is 1. The van der Waals surface area contributed by atoms with Crippen LogP contribution in [-0.2, 0) is 16.9 Å². The van der Waals surface area contributed by atoms with Crippen LogP contribution in [0.4, 0.5) is 0 Å². The number of nitrogens with zero attached hydrogens (tertiary/aromatic N) is 1. The molecule has 0 atom stereocenters. The zero-order chi connectivity index (χ0) is 22.2.